The van der Waals surface area contributed by atoms with E-state index >= 15 is 0 Å². The number of ether oxygens (including phenoxy) is 2. The summed E-state index contributed by atoms with van der Waals surface area (Å²) in [6, 6.07) is 6.66. The number of carbonyl (C=O) groups is 2. The maximum absolute atomic E-state index is 12.2. The highest BCUT2D eigenvalue weighted by Gasteiger charge is 2.39. The van der Waals surface area contributed by atoms with E-state index < -0.39 is 17.4 Å². The molecule has 0 aromatic heterocycles. The Kier molecular flexibility index (Phi) is 7.72. The van der Waals surface area contributed by atoms with Gasteiger partial charge in [0.25, 0.3) is 0 Å². The molecule has 0 amide bonds. The summed E-state index contributed by atoms with van der Waals surface area (Å²) in [5, 5.41) is 10.4. The van der Waals surface area contributed by atoms with E-state index in [1.807, 2.05) is 0 Å². The topological polar surface area (TPSA) is 76.4 Å². The number of carbonyl (C=O) groups excluding carboxylic acids is 2. The van der Waals surface area contributed by atoms with Gasteiger partial charge in [-0.25, -0.2) is 0 Å². The minimum atomic E-state index is -1.45. The zero-order valence-corrected chi connectivity index (χ0v) is 16.1. The highest BCUT2D eigenvalue weighted by atomic mass is 35.5. The lowest BCUT2D eigenvalue weighted by atomic mass is 9.76. The third kappa shape index (κ3) is 6.22. The predicted octanol–water partition coefficient (Wildman–Crippen LogP) is 4.44. The van der Waals surface area contributed by atoms with E-state index in [0.717, 1.165) is 0 Å². The van der Waals surface area contributed by atoms with Gasteiger partial charge < -0.3 is 9.47 Å². The fraction of sp³-hybridized carbons (Fsp3) is 0.500. The van der Waals surface area contributed by atoms with Crippen molar-refractivity contribution in [3.05, 3.63) is 33.8 Å². The van der Waals surface area contributed by atoms with Crippen LogP contribution in [0.1, 0.15) is 46.1 Å². The fourth-order valence-corrected chi connectivity index (χ4v) is 2.60. The smallest absolute Gasteiger partial charge is 0.308 e. The van der Waals surface area contributed by atoms with E-state index in [-0.39, 0.29) is 30.1 Å². The molecular weight excluding hydrogens is 365 g/mol. The standard InChI is InChI=1S/C18H21Cl2NO4/c1-11(2)24-16(22)8-18(10-21,9-17(23)25-12(3)4)13-5-6-14(19)15(20)7-13/h5-7,11-12H,8-9H2,1-4H3. The van der Waals surface area contributed by atoms with Crippen LogP contribution < -0.4 is 0 Å². The van der Waals surface area contributed by atoms with Crippen LogP contribution in [0.5, 0.6) is 0 Å². The molecule has 7 heteroatoms. The summed E-state index contributed by atoms with van der Waals surface area (Å²) < 4.78 is 10.3. The van der Waals surface area contributed by atoms with Crippen molar-refractivity contribution in [1.29, 1.82) is 5.26 Å². The van der Waals surface area contributed by atoms with Crippen LogP contribution >= 0.6 is 23.2 Å². The van der Waals surface area contributed by atoms with Gasteiger partial charge in [0.05, 0.1) is 41.2 Å². The van der Waals surface area contributed by atoms with E-state index in [1.54, 1.807) is 33.8 Å². The van der Waals surface area contributed by atoms with Crippen molar-refractivity contribution in [3.8, 4) is 6.07 Å². The Bertz CT molecular complexity index is 656. The highest BCUT2D eigenvalue weighted by molar-refractivity contribution is 6.42. The third-order valence-electron chi connectivity index (χ3n) is 3.31. The largest absolute Gasteiger partial charge is 0.463 e. The van der Waals surface area contributed by atoms with Gasteiger partial charge in [-0.05, 0) is 45.4 Å². The maximum atomic E-state index is 12.2. The minimum Gasteiger partial charge on any atom is -0.463 e. The van der Waals surface area contributed by atoms with Crippen LogP contribution in [0.25, 0.3) is 0 Å². The Labute approximate surface area is 157 Å². The molecule has 0 aliphatic rings. The second kappa shape index (κ2) is 9.07. The van der Waals surface area contributed by atoms with Crippen molar-refractivity contribution in [2.24, 2.45) is 0 Å². The zero-order chi connectivity index (χ0) is 19.2. The number of nitrogens with zero attached hydrogens (tertiary/aromatic N) is 1. The molecule has 0 saturated carbocycles. The van der Waals surface area contributed by atoms with Crippen molar-refractivity contribution in [1.82, 2.24) is 0 Å². The summed E-state index contributed by atoms with van der Waals surface area (Å²) in [6.07, 6.45) is -1.26. The Morgan fingerprint density at radius 3 is 1.88 bits per heavy atom. The first-order valence-electron chi connectivity index (χ1n) is 7.85. The summed E-state index contributed by atoms with van der Waals surface area (Å²) in [4.78, 5) is 24.3. The Balaban J connectivity index is 3.26. The number of nitriles is 1. The third-order valence-corrected chi connectivity index (χ3v) is 4.05. The summed E-state index contributed by atoms with van der Waals surface area (Å²) in [5.41, 5.74) is -1.04. The number of esters is 2. The zero-order valence-electron chi connectivity index (χ0n) is 14.6. The molecule has 0 spiro atoms. The molecule has 1 aromatic carbocycles. The van der Waals surface area contributed by atoms with Gasteiger partial charge >= 0.3 is 11.9 Å². The molecule has 0 saturated heterocycles. The summed E-state index contributed by atoms with van der Waals surface area (Å²) >= 11 is 12.0. The fourth-order valence-electron chi connectivity index (χ4n) is 2.31. The molecule has 5 nitrogen and oxygen atoms in total. The number of hydrogen-bond acceptors (Lipinski definition) is 5. The molecule has 1 aromatic rings. The lowest BCUT2D eigenvalue weighted by Gasteiger charge is -2.26. The molecule has 0 fully saturated rings. The molecule has 1 rings (SSSR count). The summed E-state index contributed by atoms with van der Waals surface area (Å²) in [7, 11) is 0. The van der Waals surface area contributed by atoms with Crippen LogP contribution in [-0.2, 0) is 24.5 Å². The summed E-state index contributed by atoms with van der Waals surface area (Å²) in [5.74, 6) is -1.17. The van der Waals surface area contributed by atoms with Gasteiger partial charge in [-0.15, -0.1) is 0 Å². The molecule has 0 radical (unpaired) electrons. The molecule has 0 heterocycles. The van der Waals surface area contributed by atoms with Crippen molar-refractivity contribution in [3.63, 3.8) is 0 Å². The second-order valence-electron chi connectivity index (χ2n) is 6.25. The quantitative estimate of drug-likeness (QED) is 0.648. The SMILES string of the molecule is CC(C)OC(=O)CC(C#N)(CC(=O)OC(C)C)c1ccc(Cl)c(Cl)c1. The Morgan fingerprint density at radius 2 is 1.52 bits per heavy atom. The average Bonchev–Trinajstić information content (AvgIpc) is 2.47. The second-order valence-corrected chi connectivity index (χ2v) is 7.07. The first-order chi connectivity index (χ1) is 11.6. The van der Waals surface area contributed by atoms with Crippen LogP contribution in [-0.4, -0.2) is 24.1 Å². The first-order valence-corrected chi connectivity index (χ1v) is 8.61. The van der Waals surface area contributed by atoms with Gasteiger partial charge in [-0.3, -0.25) is 9.59 Å². The Morgan fingerprint density at radius 1 is 1.04 bits per heavy atom. The lowest BCUT2D eigenvalue weighted by Crippen LogP contribution is -2.33. The van der Waals surface area contributed by atoms with Crippen molar-refractivity contribution in [2.45, 2.75) is 58.2 Å². The highest BCUT2D eigenvalue weighted by Crippen LogP contribution is 2.36. The van der Waals surface area contributed by atoms with Crippen LogP contribution in [0.2, 0.25) is 10.0 Å². The van der Waals surface area contributed by atoms with Gasteiger partial charge in [0.1, 0.15) is 5.41 Å². The van der Waals surface area contributed by atoms with Gasteiger partial charge in [0.2, 0.25) is 0 Å². The van der Waals surface area contributed by atoms with Crippen LogP contribution in [0.3, 0.4) is 0 Å². The predicted molar refractivity (Wildman–Crippen MR) is 95.4 cm³/mol. The maximum Gasteiger partial charge on any atom is 0.308 e. The van der Waals surface area contributed by atoms with Crippen LogP contribution in [0.15, 0.2) is 18.2 Å². The molecule has 0 N–H and O–H groups in total. The average molecular weight is 386 g/mol. The first kappa shape index (κ1) is 21.3. The van der Waals surface area contributed by atoms with Gasteiger partial charge in [0.15, 0.2) is 0 Å². The van der Waals surface area contributed by atoms with E-state index in [0.29, 0.717) is 10.6 Å². The number of benzene rings is 1. The monoisotopic (exact) mass is 385 g/mol. The molecular formula is C18H21Cl2NO4. The van der Waals surface area contributed by atoms with E-state index in [2.05, 4.69) is 6.07 Å². The van der Waals surface area contributed by atoms with Crippen LogP contribution in [0, 0.1) is 11.3 Å². The molecule has 0 unspecified atom stereocenters. The number of rotatable bonds is 7. The molecule has 136 valence electrons. The molecule has 0 aliphatic carbocycles. The summed E-state index contributed by atoms with van der Waals surface area (Å²) in [6.45, 7) is 6.83. The molecule has 25 heavy (non-hydrogen) atoms. The van der Waals surface area contributed by atoms with Gasteiger partial charge in [-0.2, -0.15) is 5.26 Å². The van der Waals surface area contributed by atoms with Crippen molar-refractivity contribution in [2.75, 3.05) is 0 Å². The minimum absolute atomic E-state index is 0.230. The number of hydrogen-bond donors (Lipinski definition) is 0. The molecule has 0 aliphatic heterocycles. The van der Waals surface area contributed by atoms with E-state index in [1.165, 1.54) is 12.1 Å². The Hall–Kier alpha value is -1.77. The van der Waals surface area contributed by atoms with Crippen molar-refractivity contribution >= 4 is 35.1 Å². The molecule has 0 atom stereocenters. The van der Waals surface area contributed by atoms with Gasteiger partial charge in [0, 0.05) is 0 Å². The van der Waals surface area contributed by atoms with E-state index in [4.69, 9.17) is 32.7 Å². The molecule has 0 bridgehead atoms. The van der Waals surface area contributed by atoms with Crippen molar-refractivity contribution < 1.29 is 19.1 Å². The van der Waals surface area contributed by atoms with E-state index in [9.17, 15) is 14.9 Å². The van der Waals surface area contributed by atoms with Gasteiger partial charge in [-0.1, -0.05) is 29.3 Å². The number of halogens is 2. The lowest BCUT2D eigenvalue weighted by molar-refractivity contribution is -0.151. The normalized spacial score (nSPS) is 11.3. The van der Waals surface area contributed by atoms with Crippen LogP contribution in [0.4, 0.5) is 0 Å².